The summed E-state index contributed by atoms with van der Waals surface area (Å²) in [5.41, 5.74) is 0. The molecular weight excluding hydrogens is 840 g/mol. The molecule has 0 aliphatic rings. The average Bonchev–Trinajstić information content (AvgIpc) is 2.86. The molecule has 0 radical (unpaired) electrons. The van der Waals surface area contributed by atoms with Crippen molar-refractivity contribution in [1.29, 1.82) is 0 Å². The van der Waals surface area contributed by atoms with Crippen molar-refractivity contribution < 1.29 is 146 Å². The van der Waals surface area contributed by atoms with E-state index in [0.29, 0.717) is 0 Å². The number of carboxylic acids is 1. The number of rotatable bonds is 14. The SMILES string of the molecule is O=C(O)C(F)(F)C(F)(F)C(F)(F)C(F)(F)C(F)(F)C(F)(F)C(F)(F)C(F)(F)C(F)(F)C(F)(F)C(F)(F)C(F)(F)C(F)(F)C(F)(F)C(F)(F)F.[AlH3]. The highest BCUT2D eigenvalue weighted by atomic mass is 27.0. The summed E-state index contributed by atoms with van der Waals surface area (Å²) in [6.07, 6.45) is -8.36. The zero-order chi connectivity index (χ0) is 41.1. The van der Waals surface area contributed by atoms with Crippen LogP contribution >= 0.6 is 0 Å². The topological polar surface area (TPSA) is 37.3 Å². The van der Waals surface area contributed by atoms with Crippen LogP contribution in [0.5, 0.6) is 0 Å². The molecule has 0 rings (SSSR count). The van der Waals surface area contributed by atoms with Crippen molar-refractivity contribution in [2.75, 3.05) is 0 Å². The van der Waals surface area contributed by atoms with Crippen molar-refractivity contribution in [3.05, 3.63) is 0 Å². The second-order valence-corrected chi connectivity index (χ2v) is 8.84. The van der Waals surface area contributed by atoms with Gasteiger partial charge < -0.3 is 5.11 Å². The summed E-state index contributed by atoms with van der Waals surface area (Å²) in [6.45, 7) is 0. The molecule has 0 saturated carbocycles. The third kappa shape index (κ3) is 5.47. The van der Waals surface area contributed by atoms with E-state index in [9.17, 15) is 141 Å². The Hall–Kier alpha value is -2.17. The number of alkyl halides is 31. The minimum atomic E-state index is -10.1. The van der Waals surface area contributed by atoms with Gasteiger partial charge in [0, 0.05) is 0 Å². The van der Waals surface area contributed by atoms with Gasteiger partial charge in [-0.25, -0.2) is 4.79 Å². The van der Waals surface area contributed by atoms with Crippen LogP contribution in [0.25, 0.3) is 0 Å². The molecule has 0 aromatic rings. The van der Waals surface area contributed by atoms with Crippen molar-refractivity contribution in [3.63, 3.8) is 0 Å². The molecule has 34 heteroatoms. The van der Waals surface area contributed by atoms with Gasteiger partial charge in [-0.05, 0) is 0 Å². The minimum absolute atomic E-state index is 0. The molecule has 0 heterocycles. The molecule has 0 aliphatic heterocycles. The van der Waals surface area contributed by atoms with Crippen molar-refractivity contribution in [1.82, 2.24) is 0 Å². The summed E-state index contributed by atoms with van der Waals surface area (Å²) in [7, 11) is 0. The Bertz CT molecular complexity index is 1260. The van der Waals surface area contributed by atoms with E-state index in [1.165, 1.54) is 0 Å². The molecule has 0 fully saturated rings. The fraction of sp³-hybridized carbons (Fsp3) is 0.938. The van der Waals surface area contributed by atoms with E-state index in [1.54, 1.807) is 0 Å². The average molecular weight is 844 g/mol. The van der Waals surface area contributed by atoms with Gasteiger partial charge in [-0.3, -0.25) is 0 Å². The minimum Gasteiger partial charge on any atom is -0.477 e. The van der Waals surface area contributed by atoms with Gasteiger partial charge in [-0.15, -0.1) is 0 Å². The highest BCUT2D eigenvalue weighted by Gasteiger charge is 3.01. The van der Waals surface area contributed by atoms with Crippen molar-refractivity contribution in [3.8, 4) is 0 Å². The lowest BCUT2D eigenvalue weighted by atomic mass is 9.83. The predicted molar refractivity (Wildman–Crippen MR) is 92.9 cm³/mol. The summed E-state index contributed by atoms with van der Waals surface area (Å²) >= 11 is 0. The van der Waals surface area contributed by atoms with E-state index in [2.05, 4.69) is 0 Å². The molecule has 0 aromatic heterocycles. The molecule has 0 bridgehead atoms. The molecule has 0 aromatic carbocycles. The summed E-state index contributed by atoms with van der Waals surface area (Å²) in [5.74, 6) is -139. The molecule has 0 aliphatic carbocycles. The van der Waals surface area contributed by atoms with Crippen LogP contribution in [0.15, 0.2) is 0 Å². The van der Waals surface area contributed by atoms with Crippen LogP contribution in [0.1, 0.15) is 0 Å². The van der Waals surface area contributed by atoms with Gasteiger partial charge in [0.25, 0.3) is 0 Å². The van der Waals surface area contributed by atoms with Gasteiger partial charge >= 0.3 is 95.1 Å². The maximum atomic E-state index is 13.7. The number of carbonyl (C=O) groups is 1. The van der Waals surface area contributed by atoms with E-state index in [0.717, 1.165) is 0 Å². The largest absolute Gasteiger partial charge is 0.477 e. The molecule has 0 unspecified atom stereocenters. The third-order valence-electron chi connectivity index (χ3n) is 5.75. The smallest absolute Gasteiger partial charge is 0.460 e. The lowest BCUT2D eigenvalue weighted by molar-refractivity contribution is -0.488. The predicted octanol–water partition coefficient (Wildman–Crippen LogP) is 8.34. The van der Waals surface area contributed by atoms with Crippen LogP contribution < -0.4 is 0 Å². The number of aliphatic carboxylic acids is 1. The molecule has 1 N–H and O–H groups in total. The summed E-state index contributed by atoms with van der Waals surface area (Å²) in [5, 5.41) is 7.65. The zero-order valence-corrected chi connectivity index (χ0v) is 20.6. The fourth-order valence-corrected chi connectivity index (χ4v) is 2.68. The molecule has 2 nitrogen and oxygen atoms in total. The molecule has 0 saturated heterocycles. The van der Waals surface area contributed by atoms with E-state index in [1.807, 2.05) is 0 Å². The molecule has 50 heavy (non-hydrogen) atoms. The van der Waals surface area contributed by atoms with Crippen molar-refractivity contribution in [2.45, 2.75) is 89.1 Å². The Labute approximate surface area is 259 Å². The molecule has 0 amide bonds. The van der Waals surface area contributed by atoms with E-state index in [4.69, 9.17) is 5.11 Å². The van der Waals surface area contributed by atoms with E-state index < -0.39 is 95.1 Å². The second-order valence-electron chi connectivity index (χ2n) is 8.84. The zero-order valence-electron chi connectivity index (χ0n) is 20.6. The quantitative estimate of drug-likeness (QED) is 0.141. The van der Waals surface area contributed by atoms with Crippen LogP contribution in [-0.4, -0.2) is 118 Å². The van der Waals surface area contributed by atoms with E-state index >= 15 is 0 Å². The molecule has 300 valence electrons. The molecule has 0 spiro atoms. The Balaban J connectivity index is 0. The summed E-state index contributed by atoms with van der Waals surface area (Å²) in [6, 6.07) is 0. The van der Waals surface area contributed by atoms with Gasteiger partial charge in [-0.1, -0.05) is 0 Å². The maximum Gasteiger partial charge on any atom is 0.460 e. The first-order valence-electron chi connectivity index (χ1n) is 10.0. The number of halogens is 31. The van der Waals surface area contributed by atoms with Crippen LogP contribution in [0.3, 0.4) is 0 Å². The van der Waals surface area contributed by atoms with Gasteiger partial charge in [-0.2, -0.15) is 136 Å². The first-order chi connectivity index (χ1) is 20.4. The highest BCUT2D eigenvalue weighted by Crippen LogP contribution is 2.69. The van der Waals surface area contributed by atoms with Crippen LogP contribution in [0, 0.1) is 0 Å². The highest BCUT2D eigenvalue weighted by molar-refractivity contribution is 5.77. The van der Waals surface area contributed by atoms with E-state index in [-0.39, 0.29) is 17.4 Å². The van der Waals surface area contributed by atoms with Gasteiger partial charge in [0.15, 0.2) is 17.4 Å². The summed E-state index contributed by atoms with van der Waals surface area (Å²) < 4.78 is 411. The van der Waals surface area contributed by atoms with Crippen LogP contribution in [-0.2, 0) is 4.79 Å². The van der Waals surface area contributed by atoms with Gasteiger partial charge in [0.1, 0.15) is 0 Å². The monoisotopic (exact) mass is 844 g/mol. The first-order valence-corrected chi connectivity index (χ1v) is 10.0. The lowest BCUT2D eigenvalue weighted by Crippen LogP contribution is -2.79. The third-order valence-corrected chi connectivity index (χ3v) is 5.75. The Morgan fingerprint density at radius 3 is 0.500 bits per heavy atom. The van der Waals surface area contributed by atoms with Crippen molar-refractivity contribution >= 4 is 23.3 Å². The normalized spacial score (nSPS) is 16.7. The number of hydrogen-bond donors (Lipinski definition) is 1. The number of carboxylic acid groups (broad SMARTS) is 1. The lowest BCUT2D eigenvalue weighted by Gasteiger charge is -2.46. The summed E-state index contributed by atoms with van der Waals surface area (Å²) in [4.78, 5) is 9.92. The standard InChI is InChI=1S/C16HF31O2.Al.3H/c17-2(18,1(48)49)3(19,20)4(21,22)5(23,24)6(25,26)7(27,28)8(29,30)9(31,32)10(33,34)11(35,36)12(37,38)13(39,40)14(41,42)15(43,44)16(45,46)47;;;;/h(H,48,49);;;;. The van der Waals surface area contributed by atoms with Crippen LogP contribution in [0.2, 0.25) is 0 Å². The van der Waals surface area contributed by atoms with Crippen LogP contribution in [0.4, 0.5) is 136 Å². The second kappa shape index (κ2) is 11.9. The van der Waals surface area contributed by atoms with Gasteiger partial charge in [0.05, 0.1) is 0 Å². The Morgan fingerprint density at radius 1 is 0.260 bits per heavy atom. The maximum absolute atomic E-state index is 13.7. The Kier molecular flexibility index (Phi) is 11.9. The van der Waals surface area contributed by atoms with Crippen molar-refractivity contribution in [2.24, 2.45) is 0 Å². The molecule has 0 atom stereocenters. The van der Waals surface area contributed by atoms with Gasteiger partial charge in [0.2, 0.25) is 0 Å². The Morgan fingerprint density at radius 2 is 0.380 bits per heavy atom. The molecular formula is C16H4AlF31O2. The first kappa shape index (κ1) is 49.9. The fourth-order valence-electron chi connectivity index (χ4n) is 2.68. The number of hydrogen-bond acceptors (Lipinski definition) is 1.